The maximum absolute atomic E-state index is 13.1. The Balaban J connectivity index is 2.22. The van der Waals surface area contributed by atoms with Crippen LogP contribution in [0.25, 0.3) is 0 Å². The highest BCUT2D eigenvalue weighted by molar-refractivity contribution is 5.93. The molecule has 3 rings (SSSR count). The molecule has 2 aromatic rings. The number of ether oxygens (including phenoxy) is 1. The summed E-state index contributed by atoms with van der Waals surface area (Å²) in [7, 11) is 0. The Morgan fingerprint density at radius 1 is 1.40 bits per heavy atom. The fourth-order valence-corrected chi connectivity index (χ4v) is 2.80. The summed E-state index contributed by atoms with van der Waals surface area (Å²) in [4.78, 5) is 16.1. The van der Waals surface area contributed by atoms with E-state index in [0.29, 0.717) is 11.3 Å². The van der Waals surface area contributed by atoms with Gasteiger partial charge in [0.05, 0.1) is 29.8 Å². The van der Waals surface area contributed by atoms with Gasteiger partial charge in [-0.1, -0.05) is 18.2 Å². The molecule has 0 N–H and O–H groups in total. The molecular formula is C15H15FN2O2. The fraction of sp³-hybridized carbons (Fsp3) is 0.333. The highest BCUT2D eigenvalue weighted by Gasteiger charge is 2.43. The van der Waals surface area contributed by atoms with Crippen molar-refractivity contribution < 1.29 is 13.9 Å². The topological polar surface area (TPSA) is 44.1 Å². The van der Waals surface area contributed by atoms with E-state index in [9.17, 15) is 9.18 Å². The van der Waals surface area contributed by atoms with Gasteiger partial charge < -0.3 is 9.30 Å². The Kier molecular flexibility index (Phi) is 2.85. The molecular weight excluding hydrogens is 259 g/mol. The molecule has 104 valence electrons. The molecule has 20 heavy (non-hydrogen) atoms. The molecule has 1 atom stereocenters. The fourth-order valence-electron chi connectivity index (χ4n) is 2.80. The van der Waals surface area contributed by atoms with E-state index < -0.39 is 12.3 Å². The third-order valence-corrected chi connectivity index (χ3v) is 3.65. The van der Waals surface area contributed by atoms with Gasteiger partial charge in [-0.15, -0.1) is 0 Å². The summed E-state index contributed by atoms with van der Waals surface area (Å²) < 4.78 is 20.4. The minimum atomic E-state index is -0.768. The van der Waals surface area contributed by atoms with Gasteiger partial charge >= 0.3 is 5.97 Å². The lowest BCUT2D eigenvalue weighted by Gasteiger charge is -2.40. The lowest BCUT2D eigenvalue weighted by molar-refractivity contribution is -0.0267. The molecule has 2 heterocycles. The number of rotatable bonds is 2. The predicted molar refractivity (Wildman–Crippen MR) is 71.1 cm³/mol. The molecule has 4 nitrogen and oxygen atoms in total. The Hall–Kier alpha value is -2.17. The Morgan fingerprint density at radius 2 is 2.15 bits per heavy atom. The average Bonchev–Trinajstić information content (AvgIpc) is 2.86. The van der Waals surface area contributed by atoms with E-state index in [4.69, 9.17) is 4.74 Å². The molecule has 0 saturated heterocycles. The molecule has 5 heteroatoms. The molecule has 0 radical (unpaired) electrons. The number of benzene rings is 1. The van der Waals surface area contributed by atoms with Gasteiger partial charge in [-0.2, -0.15) is 0 Å². The van der Waals surface area contributed by atoms with Gasteiger partial charge in [0.2, 0.25) is 0 Å². The van der Waals surface area contributed by atoms with Crippen molar-refractivity contribution in [3.05, 3.63) is 53.6 Å². The third-order valence-electron chi connectivity index (χ3n) is 3.65. The van der Waals surface area contributed by atoms with Crippen molar-refractivity contribution in [3.63, 3.8) is 0 Å². The number of carbonyl (C=O) groups is 1. The van der Waals surface area contributed by atoms with E-state index in [2.05, 4.69) is 4.98 Å². The number of cyclic esters (lactones) is 1. The second-order valence-corrected chi connectivity index (χ2v) is 5.41. The number of aromatic nitrogens is 2. The van der Waals surface area contributed by atoms with E-state index in [0.717, 1.165) is 5.56 Å². The minimum absolute atomic E-state index is 0.287. The van der Waals surface area contributed by atoms with E-state index >= 15 is 0 Å². The largest absolute Gasteiger partial charge is 0.453 e. The lowest BCUT2D eigenvalue weighted by atomic mass is 9.85. The molecule has 1 aliphatic heterocycles. The number of fused-ring (bicyclic) bond motifs is 1. The number of halogens is 1. The zero-order valence-corrected chi connectivity index (χ0v) is 11.3. The number of imidazole rings is 1. The highest BCUT2D eigenvalue weighted by Crippen LogP contribution is 2.40. The molecule has 1 aromatic heterocycles. The van der Waals surface area contributed by atoms with Crippen LogP contribution in [-0.4, -0.2) is 21.1 Å². The standard InChI is InChI=1S/C15H15FN2O2/c1-15(2)13(18-9-17-8-10(18)7-16)11-5-3-4-6-12(11)14(19)20-15/h3-6,8-9,13H,7H2,1-2H3/t13-/m0/s1. The van der Waals surface area contributed by atoms with Crippen LogP contribution in [0, 0.1) is 0 Å². The first-order chi connectivity index (χ1) is 9.54. The Bertz CT molecular complexity index is 663. The molecule has 0 amide bonds. The molecule has 1 aromatic carbocycles. The zero-order valence-electron chi connectivity index (χ0n) is 11.3. The second-order valence-electron chi connectivity index (χ2n) is 5.41. The van der Waals surface area contributed by atoms with Gasteiger partial charge in [0.1, 0.15) is 12.3 Å². The summed E-state index contributed by atoms with van der Waals surface area (Å²) in [5.74, 6) is -0.344. The maximum atomic E-state index is 13.1. The van der Waals surface area contributed by atoms with Crippen molar-refractivity contribution in [3.8, 4) is 0 Å². The van der Waals surface area contributed by atoms with Crippen LogP contribution in [0.2, 0.25) is 0 Å². The summed E-state index contributed by atoms with van der Waals surface area (Å²) in [6.07, 6.45) is 3.08. The van der Waals surface area contributed by atoms with Crippen LogP contribution < -0.4 is 0 Å². The van der Waals surface area contributed by atoms with E-state index in [1.54, 1.807) is 23.0 Å². The number of esters is 1. The van der Waals surface area contributed by atoms with Crippen molar-refractivity contribution in [1.82, 2.24) is 9.55 Å². The van der Waals surface area contributed by atoms with Crippen LogP contribution in [-0.2, 0) is 11.4 Å². The maximum Gasteiger partial charge on any atom is 0.339 e. The minimum Gasteiger partial charge on any atom is -0.453 e. The number of alkyl halides is 1. The monoisotopic (exact) mass is 274 g/mol. The summed E-state index contributed by atoms with van der Waals surface area (Å²) in [5.41, 5.74) is 1.06. The number of hydrogen-bond donors (Lipinski definition) is 0. The van der Waals surface area contributed by atoms with Crippen LogP contribution in [0.3, 0.4) is 0 Å². The molecule has 0 spiro atoms. The highest BCUT2D eigenvalue weighted by atomic mass is 19.1. The Labute approximate surface area is 116 Å². The number of hydrogen-bond acceptors (Lipinski definition) is 3. The summed E-state index contributed by atoms with van der Waals surface area (Å²) in [5, 5.41) is 0. The zero-order chi connectivity index (χ0) is 14.3. The number of nitrogens with zero attached hydrogens (tertiary/aromatic N) is 2. The Morgan fingerprint density at radius 3 is 2.90 bits per heavy atom. The molecule has 1 aliphatic rings. The van der Waals surface area contributed by atoms with Crippen LogP contribution in [0.15, 0.2) is 36.8 Å². The molecule has 0 saturated carbocycles. The van der Waals surface area contributed by atoms with Crippen molar-refractivity contribution in [2.24, 2.45) is 0 Å². The first-order valence-electron chi connectivity index (χ1n) is 6.43. The van der Waals surface area contributed by atoms with Crippen molar-refractivity contribution in [1.29, 1.82) is 0 Å². The van der Waals surface area contributed by atoms with Crippen molar-refractivity contribution in [2.45, 2.75) is 32.2 Å². The lowest BCUT2D eigenvalue weighted by Crippen LogP contribution is -2.43. The average molecular weight is 274 g/mol. The quantitative estimate of drug-likeness (QED) is 0.791. The number of carbonyl (C=O) groups excluding carboxylic acids is 1. The van der Waals surface area contributed by atoms with Gasteiger partial charge in [-0.05, 0) is 25.5 Å². The van der Waals surface area contributed by atoms with E-state index in [1.165, 1.54) is 6.20 Å². The molecule has 0 bridgehead atoms. The SMILES string of the molecule is CC1(C)OC(=O)c2ccccc2[C@@H]1n1cncc1CF. The van der Waals surface area contributed by atoms with Crippen LogP contribution in [0.1, 0.15) is 41.5 Å². The van der Waals surface area contributed by atoms with Gasteiger partial charge in [0.15, 0.2) is 0 Å². The predicted octanol–water partition coefficient (Wildman–Crippen LogP) is 2.89. The van der Waals surface area contributed by atoms with E-state index in [-0.39, 0.29) is 12.0 Å². The summed E-state index contributed by atoms with van der Waals surface area (Å²) in [6.45, 7) is 3.05. The van der Waals surface area contributed by atoms with E-state index in [1.807, 2.05) is 26.0 Å². The second kappa shape index (κ2) is 4.44. The molecule has 0 aliphatic carbocycles. The molecule has 0 unspecified atom stereocenters. The first kappa shape index (κ1) is 12.8. The smallest absolute Gasteiger partial charge is 0.339 e. The normalized spacial score (nSPS) is 20.4. The van der Waals surface area contributed by atoms with Crippen molar-refractivity contribution in [2.75, 3.05) is 0 Å². The van der Waals surface area contributed by atoms with Gasteiger partial charge in [0.25, 0.3) is 0 Å². The van der Waals surface area contributed by atoms with Crippen LogP contribution in [0.4, 0.5) is 4.39 Å². The van der Waals surface area contributed by atoms with Gasteiger partial charge in [0, 0.05) is 0 Å². The van der Waals surface area contributed by atoms with Gasteiger partial charge in [-0.3, -0.25) is 0 Å². The van der Waals surface area contributed by atoms with Crippen molar-refractivity contribution >= 4 is 5.97 Å². The summed E-state index contributed by atoms with van der Waals surface area (Å²) in [6, 6.07) is 6.98. The van der Waals surface area contributed by atoms with Crippen LogP contribution in [0.5, 0.6) is 0 Å². The molecule has 0 fully saturated rings. The first-order valence-corrected chi connectivity index (χ1v) is 6.43. The third kappa shape index (κ3) is 1.81. The summed E-state index contributed by atoms with van der Waals surface area (Å²) >= 11 is 0. The van der Waals surface area contributed by atoms with Gasteiger partial charge in [-0.25, -0.2) is 14.2 Å². The van der Waals surface area contributed by atoms with Crippen LogP contribution >= 0.6 is 0 Å².